The molecule has 4 aliphatic carbocycles. The van der Waals surface area contributed by atoms with Crippen LogP contribution in [0.3, 0.4) is 0 Å². The summed E-state index contributed by atoms with van der Waals surface area (Å²) in [7, 11) is 0. The first-order valence-corrected chi connectivity index (χ1v) is 10.1. The van der Waals surface area contributed by atoms with Gasteiger partial charge in [0.25, 0.3) is 0 Å². The summed E-state index contributed by atoms with van der Waals surface area (Å²) in [6, 6.07) is 0. The Bertz CT molecular complexity index is 164. The summed E-state index contributed by atoms with van der Waals surface area (Å²) >= 11 is 3.96. The molecule has 2 heteroatoms. The van der Waals surface area contributed by atoms with Crippen molar-refractivity contribution in [2.45, 2.75) is 36.2 Å². The topological polar surface area (TPSA) is 0 Å². The quantitative estimate of drug-likeness (QED) is 0.616. The van der Waals surface area contributed by atoms with Crippen molar-refractivity contribution in [2.24, 2.45) is 23.7 Å². The van der Waals surface area contributed by atoms with Crippen molar-refractivity contribution < 1.29 is 0 Å². The van der Waals surface area contributed by atoms with E-state index in [0.717, 1.165) is 11.8 Å². The van der Waals surface area contributed by atoms with Gasteiger partial charge in [0.1, 0.15) is 0 Å². The Labute approximate surface area is 90.5 Å². The molecule has 64 valence electrons. The summed E-state index contributed by atoms with van der Waals surface area (Å²) in [6.45, 7) is 0. The second-order valence-corrected chi connectivity index (χ2v) is 8.44. The number of halogens is 1. The highest BCUT2D eigenvalue weighted by atomic mass is 79.9. The predicted molar refractivity (Wildman–Crippen MR) is 55.5 cm³/mol. The summed E-state index contributed by atoms with van der Waals surface area (Å²) in [4.78, 5) is 0. The summed E-state index contributed by atoms with van der Waals surface area (Å²) in [5, 5.41) is 0. The molecule has 0 unspecified atom stereocenters. The normalized spacial score (nSPS) is 55.6. The van der Waals surface area contributed by atoms with E-state index >= 15 is 0 Å². The van der Waals surface area contributed by atoms with Crippen LogP contribution in [0, 0.1) is 23.7 Å². The van der Waals surface area contributed by atoms with E-state index in [1.807, 2.05) is 0 Å². The Hall–Kier alpha value is 1.25. The van der Waals surface area contributed by atoms with E-state index in [9.17, 15) is 0 Å². The lowest BCUT2D eigenvalue weighted by atomic mass is 9.56. The van der Waals surface area contributed by atoms with Gasteiger partial charge in [-0.2, -0.15) is 0 Å². The molecule has 4 fully saturated rings. The maximum atomic E-state index is 3.84. The third-order valence-electron chi connectivity index (χ3n) is 4.60. The Kier molecular flexibility index (Phi) is 2.23. The molecule has 0 radical (unpaired) electrons. The molecule has 0 saturated heterocycles. The molecule has 0 aliphatic heterocycles. The Morgan fingerprint density at radius 1 is 0.833 bits per heavy atom. The van der Waals surface area contributed by atoms with Crippen LogP contribution in [-0.4, -0.2) is 18.2 Å². The van der Waals surface area contributed by atoms with Crippen LogP contribution in [0.1, 0.15) is 32.1 Å². The minimum atomic E-state index is 0.124. The van der Waals surface area contributed by atoms with Gasteiger partial charge in [0.05, 0.1) is 0 Å². The second kappa shape index (κ2) is 3.13. The van der Waals surface area contributed by atoms with Gasteiger partial charge in [0, 0.05) is 0 Å². The van der Waals surface area contributed by atoms with Gasteiger partial charge in [0.15, 0.2) is 0 Å². The lowest BCUT2D eigenvalue weighted by Gasteiger charge is -2.55. The van der Waals surface area contributed by atoms with Gasteiger partial charge < -0.3 is 12.9 Å². The van der Waals surface area contributed by atoms with E-state index in [0.29, 0.717) is 0 Å². The van der Waals surface area contributed by atoms with Crippen LogP contribution in [0.25, 0.3) is 0 Å². The van der Waals surface area contributed by atoms with E-state index in [1.165, 1.54) is 15.9 Å². The minimum absolute atomic E-state index is 0.124. The average molecular weight is 239 g/mol. The highest BCUT2D eigenvalue weighted by Gasteiger charge is 2.47. The molecule has 0 heterocycles. The van der Waals surface area contributed by atoms with Crippen molar-refractivity contribution in [2.75, 3.05) is 0 Å². The summed E-state index contributed by atoms with van der Waals surface area (Å²) in [5.41, 5.74) is 0. The van der Waals surface area contributed by atoms with E-state index in [4.69, 9.17) is 0 Å². The van der Waals surface area contributed by atoms with Gasteiger partial charge in [-0.15, -0.1) is 4.05 Å². The van der Waals surface area contributed by atoms with Crippen LogP contribution >= 0.6 is 12.9 Å². The van der Waals surface area contributed by atoms with Gasteiger partial charge in [-0.1, -0.05) is 11.8 Å². The fourth-order valence-corrected chi connectivity index (χ4v) is 8.74. The molecule has 4 saturated carbocycles. The first kappa shape index (κ1) is 8.55. The molecule has 4 bridgehead atoms. The molecule has 4 rings (SSSR count). The van der Waals surface area contributed by atoms with Crippen molar-refractivity contribution in [1.29, 1.82) is 0 Å². The lowest BCUT2D eigenvalue weighted by molar-refractivity contribution is 0.0208. The average Bonchev–Trinajstić information content (AvgIpc) is 2.02. The van der Waals surface area contributed by atoms with Gasteiger partial charge in [-0.05, 0) is 43.9 Å². The van der Waals surface area contributed by atoms with Crippen molar-refractivity contribution in [1.82, 2.24) is 0 Å². The van der Waals surface area contributed by atoms with Gasteiger partial charge in [-0.25, -0.2) is 0 Å². The van der Waals surface area contributed by atoms with Crippen LogP contribution in [0.5, 0.6) is 0 Å². The van der Waals surface area contributed by atoms with E-state index < -0.39 is 0 Å². The third kappa shape index (κ3) is 1.21. The third-order valence-corrected chi connectivity index (χ3v) is 8.53. The number of hydrogen-bond acceptors (Lipinski definition) is 0. The highest BCUT2D eigenvalue weighted by molar-refractivity contribution is 9.23. The SMILES string of the molecule is [Br][Mg][CH]1C2CC3CC(C2)CC1C3. The minimum Gasteiger partial charge on any atom is -0.306 e. The van der Waals surface area contributed by atoms with Crippen LogP contribution in [0.2, 0.25) is 4.05 Å². The summed E-state index contributed by atoms with van der Waals surface area (Å²) < 4.78 is 1.19. The smallest absolute Gasteiger partial charge is 0.306 e. The van der Waals surface area contributed by atoms with Crippen molar-refractivity contribution in [3.8, 4) is 0 Å². The van der Waals surface area contributed by atoms with E-state index in [1.54, 1.807) is 32.1 Å². The Balaban J connectivity index is 1.86. The summed E-state index contributed by atoms with van der Waals surface area (Å²) in [5.74, 6) is 4.67. The molecule has 0 nitrogen and oxygen atoms in total. The summed E-state index contributed by atoms with van der Waals surface area (Å²) in [6.07, 6.45) is 8.03. The highest BCUT2D eigenvalue weighted by Crippen LogP contribution is 2.58. The molecular weight excluding hydrogens is 224 g/mol. The molecule has 12 heavy (non-hydrogen) atoms. The fourth-order valence-electron chi connectivity index (χ4n) is 4.29. The van der Waals surface area contributed by atoms with Gasteiger partial charge >= 0.3 is 18.2 Å². The molecule has 0 aromatic heterocycles. The number of rotatable bonds is 1. The van der Waals surface area contributed by atoms with Crippen molar-refractivity contribution in [3.05, 3.63) is 0 Å². The Morgan fingerprint density at radius 3 is 1.75 bits per heavy atom. The van der Waals surface area contributed by atoms with Gasteiger partial charge in [0.2, 0.25) is 0 Å². The predicted octanol–water partition coefficient (Wildman–Crippen LogP) is 3.25. The van der Waals surface area contributed by atoms with E-state index in [2.05, 4.69) is 12.9 Å². The monoisotopic (exact) mass is 238 g/mol. The zero-order valence-electron chi connectivity index (χ0n) is 7.51. The van der Waals surface area contributed by atoms with E-state index in [-0.39, 0.29) is 18.2 Å². The van der Waals surface area contributed by atoms with Crippen LogP contribution < -0.4 is 0 Å². The molecule has 0 N–H and O–H groups in total. The largest absolute Gasteiger partial charge is 0.472 e. The van der Waals surface area contributed by atoms with Crippen molar-refractivity contribution in [3.63, 3.8) is 0 Å². The fraction of sp³-hybridized carbons (Fsp3) is 1.00. The number of hydrogen-bond donors (Lipinski definition) is 0. The van der Waals surface area contributed by atoms with Crippen molar-refractivity contribution >= 4 is 31.1 Å². The first-order valence-electron chi connectivity index (χ1n) is 5.42. The maximum Gasteiger partial charge on any atom is 0.472 e. The first-order chi connectivity index (χ1) is 5.86. The molecule has 0 aromatic carbocycles. The van der Waals surface area contributed by atoms with Gasteiger partial charge in [-0.3, -0.25) is 0 Å². The molecule has 0 atom stereocenters. The molecule has 0 amide bonds. The molecular formula is C10H15BrMg. The van der Waals surface area contributed by atoms with Crippen LogP contribution in [-0.2, 0) is 0 Å². The Morgan fingerprint density at radius 2 is 1.33 bits per heavy atom. The second-order valence-electron chi connectivity index (χ2n) is 5.25. The zero-order chi connectivity index (χ0) is 8.13. The van der Waals surface area contributed by atoms with Crippen LogP contribution in [0.15, 0.2) is 0 Å². The molecule has 4 aliphatic rings. The van der Waals surface area contributed by atoms with Crippen LogP contribution in [0.4, 0.5) is 0 Å². The molecule has 0 aromatic rings. The maximum absolute atomic E-state index is 3.84. The standard InChI is InChI=1S/C10H15.BrH.Mg/c1-7-2-9-4-8(1)5-10(3-7)6-9;;/h1,7-10H,2-6H2;1H;/q;;+1/p-1. The lowest BCUT2D eigenvalue weighted by Crippen LogP contribution is -2.43. The molecule has 0 spiro atoms. The zero-order valence-corrected chi connectivity index (χ0v) is 10.5.